The minimum Gasteiger partial charge on any atom is -0.459 e. The van der Waals surface area contributed by atoms with Crippen LogP contribution in [0, 0.1) is 0 Å². The lowest BCUT2D eigenvalue weighted by molar-refractivity contribution is 0.149. The van der Waals surface area contributed by atoms with Gasteiger partial charge in [-0.2, -0.15) is 0 Å². The second kappa shape index (κ2) is 6.19. The molecule has 0 radical (unpaired) electrons. The summed E-state index contributed by atoms with van der Waals surface area (Å²) >= 11 is 0. The summed E-state index contributed by atoms with van der Waals surface area (Å²) in [5, 5.41) is 11.6. The smallest absolute Gasteiger partial charge is 0.283 e. The van der Waals surface area contributed by atoms with Crippen LogP contribution in [0.15, 0.2) is 27.2 Å². The van der Waals surface area contributed by atoms with Crippen LogP contribution in [-0.4, -0.2) is 40.8 Å². The predicted molar refractivity (Wildman–Crippen MR) is 74.0 cm³/mol. The number of hydrogen-bond donors (Lipinski definition) is 1. The van der Waals surface area contributed by atoms with Gasteiger partial charge in [-0.25, -0.2) is 0 Å². The zero-order valence-corrected chi connectivity index (χ0v) is 11.7. The molecule has 0 bridgehead atoms. The van der Waals surface area contributed by atoms with Crippen LogP contribution in [0.4, 0.5) is 0 Å². The number of hydrogen-bond acceptors (Lipinski definition) is 6. The van der Waals surface area contributed by atoms with Crippen LogP contribution in [0.5, 0.6) is 0 Å². The quantitative estimate of drug-likeness (QED) is 0.899. The summed E-state index contributed by atoms with van der Waals surface area (Å²) in [6, 6.07) is 4.23. The van der Waals surface area contributed by atoms with E-state index in [9.17, 15) is 0 Å². The van der Waals surface area contributed by atoms with E-state index in [0.717, 1.165) is 19.6 Å². The standard InChI is InChI=1S/C14H20N4O2/c1-2-18(11-5-7-15-8-6-11)10-13-16-17-14(20-13)12-4-3-9-19-12/h3-4,9,11,15H,2,5-8,10H2,1H3. The van der Waals surface area contributed by atoms with Gasteiger partial charge in [0.25, 0.3) is 5.89 Å². The number of nitrogens with zero attached hydrogens (tertiary/aromatic N) is 3. The molecule has 0 unspecified atom stereocenters. The molecule has 1 aliphatic heterocycles. The van der Waals surface area contributed by atoms with Gasteiger partial charge < -0.3 is 14.2 Å². The molecule has 3 rings (SSSR count). The first-order valence-corrected chi connectivity index (χ1v) is 7.18. The number of aromatic nitrogens is 2. The number of piperidine rings is 1. The SMILES string of the molecule is CCN(Cc1nnc(-c2ccco2)o1)C1CCNCC1. The minimum atomic E-state index is 0.450. The van der Waals surface area contributed by atoms with Gasteiger partial charge in [-0.05, 0) is 44.6 Å². The predicted octanol–water partition coefficient (Wildman–Crippen LogP) is 1.90. The third-order valence-corrected chi connectivity index (χ3v) is 3.77. The summed E-state index contributed by atoms with van der Waals surface area (Å²) in [6.45, 7) is 6.04. The second-order valence-electron chi connectivity index (χ2n) is 5.02. The van der Waals surface area contributed by atoms with Crippen molar-refractivity contribution >= 4 is 0 Å². The highest BCUT2D eigenvalue weighted by Crippen LogP contribution is 2.20. The molecule has 2 aromatic rings. The fourth-order valence-corrected chi connectivity index (χ4v) is 2.66. The summed E-state index contributed by atoms with van der Waals surface area (Å²) < 4.78 is 10.9. The summed E-state index contributed by atoms with van der Waals surface area (Å²) in [6.07, 6.45) is 3.95. The second-order valence-corrected chi connectivity index (χ2v) is 5.02. The first-order chi connectivity index (χ1) is 9.86. The highest BCUT2D eigenvalue weighted by atomic mass is 16.4. The monoisotopic (exact) mass is 276 g/mol. The fraction of sp³-hybridized carbons (Fsp3) is 0.571. The molecule has 6 nitrogen and oxygen atoms in total. The third-order valence-electron chi connectivity index (χ3n) is 3.77. The van der Waals surface area contributed by atoms with E-state index < -0.39 is 0 Å². The fourth-order valence-electron chi connectivity index (χ4n) is 2.66. The lowest BCUT2D eigenvalue weighted by Crippen LogP contribution is -2.42. The Kier molecular flexibility index (Phi) is 4.13. The summed E-state index contributed by atoms with van der Waals surface area (Å²) in [5.41, 5.74) is 0. The molecule has 1 N–H and O–H groups in total. The van der Waals surface area contributed by atoms with Crippen molar-refractivity contribution in [1.29, 1.82) is 0 Å². The van der Waals surface area contributed by atoms with Gasteiger partial charge in [0.05, 0.1) is 12.8 Å². The third kappa shape index (κ3) is 2.91. The summed E-state index contributed by atoms with van der Waals surface area (Å²) in [5.74, 6) is 1.72. The molecule has 20 heavy (non-hydrogen) atoms. The highest BCUT2D eigenvalue weighted by molar-refractivity contribution is 5.42. The minimum absolute atomic E-state index is 0.450. The molecule has 6 heteroatoms. The van der Waals surface area contributed by atoms with Crippen LogP contribution in [0.2, 0.25) is 0 Å². The maximum Gasteiger partial charge on any atom is 0.283 e. The van der Waals surface area contributed by atoms with Gasteiger partial charge >= 0.3 is 0 Å². The molecule has 1 saturated heterocycles. The Bertz CT molecular complexity index is 517. The maximum absolute atomic E-state index is 5.68. The Balaban J connectivity index is 1.66. The molecule has 2 aromatic heterocycles. The summed E-state index contributed by atoms with van der Waals surface area (Å²) in [4.78, 5) is 2.40. The van der Waals surface area contributed by atoms with Crippen LogP contribution in [-0.2, 0) is 6.54 Å². The molecule has 3 heterocycles. The molecule has 0 aromatic carbocycles. The van der Waals surface area contributed by atoms with Gasteiger partial charge in [0.2, 0.25) is 5.89 Å². The first-order valence-electron chi connectivity index (χ1n) is 7.18. The number of rotatable bonds is 5. The molecular weight excluding hydrogens is 256 g/mol. The van der Waals surface area contributed by atoms with Crippen molar-refractivity contribution in [3.63, 3.8) is 0 Å². The van der Waals surface area contributed by atoms with E-state index >= 15 is 0 Å². The van der Waals surface area contributed by atoms with Gasteiger partial charge in [0, 0.05) is 6.04 Å². The van der Waals surface area contributed by atoms with E-state index in [1.165, 1.54) is 12.8 Å². The Morgan fingerprint density at radius 3 is 2.90 bits per heavy atom. The molecule has 0 atom stereocenters. The number of furan rings is 1. The van der Waals surface area contributed by atoms with Crippen molar-refractivity contribution in [2.24, 2.45) is 0 Å². The van der Waals surface area contributed by atoms with E-state index in [1.807, 2.05) is 12.1 Å². The molecule has 0 amide bonds. The van der Waals surface area contributed by atoms with Gasteiger partial charge in [0.1, 0.15) is 0 Å². The van der Waals surface area contributed by atoms with Crippen LogP contribution in [0.25, 0.3) is 11.7 Å². The van der Waals surface area contributed by atoms with Crippen LogP contribution in [0.3, 0.4) is 0 Å². The molecule has 0 aliphatic carbocycles. The summed E-state index contributed by atoms with van der Waals surface area (Å²) in [7, 11) is 0. The van der Waals surface area contributed by atoms with Crippen molar-refractivity contribution < 1.29 is 8.83 Å². The van der Waals surface area contributed by atoms with Crippen molar-refractivity contribution in [2.75, 3.05) is 19.6 Å². The first kappa shape index (κ1) is 13.3. The molecule has 0 spiro atoms. The van der Waals surface area contributed by atoms with Crippen LogP contribution in [0.1, 0.15) is 25.7 Å². The van der Waals surface area contributed by atoms with Crippen LogP contribution >= 0.6 is 0 Å². The van der Waals surface area contributed by atoms with Gasteiger partial charge in [0.15, 0.2) is 5.76 Å². The zero-order chi connectivity index (χ0) is 13.8. The van der Waals surface area contributed by atoms with Gasteiger partial charge in [-0.3, -0.25) is 4.90 Å². The van der Waals surface area contributed by atoms with E-state index in [-0.39, 0.29) is 0 Å². The Morgan fingerprint density at radius 2 is 2.20 bits per heavy atom. The molecule has 108 valence electrons. The largest absolute Gasteiger partial charge is 0.459 e. The van der Waals surface area contributed by atoms with Crippen molar-refractivity contribution in [3.8, 4) is 11.7 Å². The average molecular weight is 276 g/mol. The van der Waals surface area contributed by atoms with Gasteiger partial charge in [-0.1, -0.05) is 6.92 Å². The zero-order valence-electron chi connectivity index (χ0n) is 11.7. The average Bonchev–Trinajstić information content (AvgIpc) is 3.16. The Labute approximate surface area is 118 Å². The van der Waals surface area contributed by atoms with E-state index in [1.54, 1.807) is 6.26 Å². The van der Waals surface area contributed by atoms with E-state index in [2.05, 4.69) is 27.3 Å². The molecular formula is C14H20N4O2. The van der Waals surface area contributed by atoms with Crippen molar-refractivity contribution in [1.82, 2.24) is 20.4 Å². The normalized spacial score (nSPS) is 16.9. The number of nitrogens with one attached hydrogen (secondary N) is 1. The molecule has 1 aliphatic rings. The van der Waals surface area contributed by atoms with Crippen LogP contribution < -0.4 is 5.32 Å². The van der Waals surface area contributed by atoms with Gasteiger partial charge in [-0.15, -0.1) is 10.2 Å². The Morgan fingerprint density at radius 1 is 1.35 bits per heavy atom. The lowest BCUT2D eigenvalue weighted by Gasteiger charge is -2.32. The van der Waals surface area contributed by atoms with E-state index in [0.29, 0.717) is 30.1 Å². The lowest BCUT2D eigenvalue weighted by atomic mass is 10.0. The van der Waals surface area contributed by atoms with Crippen molar-refractivity contribution in [3.05, 3.63) is 24.3 Å². The molecule has 0 saturated carbocycles. The van der Waals surface area contributed by atoms with E-state index in [4.69, 9.17) is 8.83 Å². The maximum atomic E-state index is 5.68. The Hall–Kier alpha value is -1.66. The molecule has 1 fully saturated rings. The van der Waals surface area contributed by atoms with Crippen molar-refractivity contribution in [2.45, 2.75) is 32.4 Å². The topological polar surface area (TPSA) is 67.3 Å². The highest BCUT2D eigenvalue weighted by Gasteiger charge is 2.22.